The van der Waals surface area contributed by atoms with E-state index in [2.05, 4.69) is 16.3 Å². The monoisotopic (exact) mass is 226 g/mol. The zero-order valence-electron chi connectivity index (χ0n) is 8.77. The van der Waals surface area contributed by atoms with Crippen LogP contribution in [-0.2, 0) is 0 Å². The molecule has 0 saturated carbocycles. The molecule has 0 aliphatic heterocycles. The Morgan fingerprint density at radius 2 is 1.93 bits per heavy atom. The van der Waals surface area contributed by atoms with E-state index >= 15 is 0 Å². The lowest BCUT2D eigenvalue weighted by molar-refractivity contribution is 1.21. The number of nitrogens with zero attached hydrogens (tertiary/aromatic N) is 2. The Hall–Kier alpha value is -1.55. The van der Waals surface area contributed by atoms with Crippen LogP contribution in [0, 0.1) is 13.8 Å². The fourth-order valence-electron chi connectivity index (χ4n) is 1.13. The molecule has 5 heteroatoms. The van der Waals surface area contributed by atoms with Gasteiger partial charge in [0.2, 0.25) is 5.96 Å². The lowest BCUT2D eigenvalue weighted by Crippen LogP contribution is -2.21. The summed E-state index contributed by atoms with van der Waals surface area (Å²) in [5, 5.41) is 7.27. The van der Waals surface area contributed by atoms with E-state index in [9.17, 15) is 0 Å². The maximum Gasteiger partial charge on any atom is 0.211 e. The maximum atomic E-state index is 5.13. The zero-order valence-corrected chi connectivity index (χ0v) is 9.58. The van der Waals surface area contributed by atoms with Crippen LogP contribution in [0.15, 0.2) is 28.4 Å². The average molecular weight is 227 g/mol. The highest BCUT2D eigenvalue weighted by atomic mass is 35.5. The van der Waals surface area contributed by atoms with Crippen molar-refractivity contribution in [1.82, 2.24) is 0 Å². The standard InChI is InChI=1S/C10H14N4.ClH/c1-7-3-4-9(8(2)5-7)6-13-14-10(11)12;/h3-6H,1-2H3,(H4,11,12,14);1H/b13-6+;. The van der Waals surface area contributed by atoms with Crippen LogP contribution in [0.4, 0.5) is 0 Å². The third-order valence-electron chi connectivity index (χ3n) is 1.80. The van der Waals surface area contributed by atoms with Crippen LogP contribution in [0.5, 0.6) is 0 Å². The molecule has 0 spiro atoms. The Labute approximate surface area is 95.5 Å². The summed E-state index contributed by atoms with van der Waals surface area (Å²) >= 11 is 0. The van der Waals surface area contributed by atoms with Gasteiger partial charge >= 0.3 is 0 Å². The van der Waals surface area contributed by atoms with E-state index < -0.39 is 0 Å². The van der Waals surface area contributed by atoms with Crippen molar-refractivity contribution in [3.8, 4) is 0 Å². The van der Waals surface area contributed by atoms with E-state index in [1.165, 1.54) is 5.56 Å². The van der Waals surface area contributed by atoms with Crippen molar-refractivity contribution in [2.24, 2.45) is 21.7 Å². The molecule has 0 unspecified atom stereocenters. The van der Waals surface area contributed by atoms with Crippen LogP contribution in [-0.4, -0.2) is 12.2 Å². The Morgan fingerprint density at radius 3 is 2.47 bits per heavy atom. The van der Waals surface area contributed by atoms with E-state index in [-0.39, 0.29) is 18.4 Å². The Morgan fingerprint density at radius 1 is 1.27 bits per heavy atom. The summed E-state index contributed by atoms with van der Waals surface area (Å²) in [5.41, 5.74) is 13.7. The summed E-state index contributed by atoms with van der Waals surface area (Å²) in [5.74, 6) is -0.0361. The third kappa shape index (κ3) is 4.46. The molecule has 4 N–H and O–H groups in total. The second kappa shape index (κ2) is 6.03. The lowest BCUT2D eigenvalue weighted by atomic mass is 10.1. The zero-order chi connectivity index (χ0) is 10.6. The number of aryl methyl sites for hydroxylation is 2. The molecule has 4 nitrogen and oxygen atoms in total. The molecule has 1 rings (SSSR count). The van der Waals surface area contributed by atoms with Crippen LogP contribution in [0.2, 0.25) is 0 Å². The summed E-state index contributed by atoms with van der Waals surface area (Å²) in [6.07, 6.45) is 1.63. The van der Waals surface area contributed by atoms with Gasteiger partial charge in [0, 0.05) is 0 Å². The second-order valence-corrected chi connectivity index (χ2v) is 3.13. The number of rotatable bonds is 2. The van der Waals surface area contributed by atoms with Crippen molar-refractivity contribution >= 4 is 24.6 Å². The minimum Gasteiger partial charge on any atom is -0.369 e. The van der Waals surface area contributed by atoms with Crippen LogP contribution < -0.4 is 11.5 Å². The Bertz CT molecular complexity index is 381. The molecule has 82 valence electrons. The fraction of sp³-hybridized carbons (Fsp3) is 0.200. The molecular formula is C10H15ClN4. The second-order valence-electron chi connectivity index (χ2n) is 3.13. The maximum absolute atomic E-state index is 5.13. The number of hydrogen-bond donors (Lipinski definition) is 2. The van der Waals surface area contributed by atoms with Crippen LogP contribution in [0.3, 0.4) is 0 Å². The van der Waals surface area contributed by atoms with Crippen molar-refractivity contribution in [2.45, 2.75) is 13.8 Å². The van der Waals surface area contributed by atoms with E-state index in [1.807, 2.05) is 26.0 Å². The third-order valence-corrected chi connectivity index (χ3v) is 1.80. The first-order valence-electron chi connectivity index (χ1n) is 4.29. The van der Waals surface area contributed by atoms with E-state index in [0.717, 1.165) is 11.1 Å². The first-order valence-corrected chi connectivity index (χ1v) is 4.29. The topological polar surface area (TPSA) is 76.8 Å². The van der Waals surface area contributed by atoms with Gasteiger partial charge in [0.25, 0.3) is 0 Å². The molecule has 15 heavy (non-hydrogen) atoms. The number of hydrogen-bond acceptors (Lipinski definition) is 2. The fourth-order valence-corrected chi connectivity index (χ4v) is 1.13. The molecule has 0 radical (unpaired) electrons. The number of nitrogens with two attached hydrogens (primary N) is 2. The quantitative estimate of drug-likeness (QED) is 0.454. The van der Waals surface area contributed by atoms with E-state index in [1.54, 1.807) is 6.21 Å². The minimum atomic E-state index is -0.0361. The Kier molecular flexibility index (Phi) is 5.41. The van der Waals surface area contributed by atoms with Gasteiger partial charge in [-0.1, -0.05) is 23.8 Å². The molecule has 0 heterocycles. The summed E-state index contributed by atoms with van der Waals surface area (Å²) in [7, 11) is 0. The highest BCUT2D eigenvalue weighted by Gasteiger charge is 1.93. The average Bonchev–Trinajstić information content (AvgIpc) is 2.08. The van der Waals surface area contributed by atoms with Gasteiger partial charge in [-0.2, -0.15) is 5.10 Å². The smallest absolute Gasteiger partial charge is 0.211 e. The summed E-state index contributed by atoms with van der Waals surface area (Å²) in [6, 6.07) is 6.08. The number of halogens is 1. The lowest BCUT2D eigenvalue weighted by Gasteiger charge is -1.99. The van der Waals surface area contributed by atoms with Gasteiger partial charge in [0.1, 0.15) is 0 Å². The predicted octanol–water partition coefficient (Wildman–Crippen LogP) is 1.33. The van der Waals surface area contributed by atoms with E-state index in [0.29, 0.717) is 0 Å². The summed E-state index contributed by atoms with van der Waals surface area (Å²) < 4.78 is 0. The van der Waals surface area contributed by atoms with E-state index in [4.69, 9.17) is 11.5 Å². The van der Waals surface area contributed by atoms with Gasteiger partial charge in [-0.25, -0.2) is 0 Å². The number of guanidine groups is 1. The van der Waals surface area contributed by atoms with Gasteiger partial charge in [-0.3, -0.25) is 0 Å². The van der Waals surface area contributed by atoms with Crippen LogP contribution in [0.25, 0.3) is 0 Å². The van der Waals surface area contributed by atoms with Gasteiger partial charge in [0.05, 0.1) is 6.21 Å². The summed E-state index contributed by atoms with van der Waals surface area (Å²) in [6.45, 7) is 4.06. The molecule has 0 aliphatic rings. The highest BCUT2D eigenvalue weighted by Crippen LogP contribution is 2.07. The van der Waals surface area contributed by atoms with Gasteiger partial charge < -0.3 is 11.5 Å². The first kappa shape index (κ1) is 13.4. The van der Waals surface area contributed by atoms with Crippen molar-refractivity contribution in [3.05, 3.63) is 34.9 Å². The molecule has 0 aromatic heterocycles. The number of benzene rings is 1. The van der Waals surface area contributed by atoms with Crippen molar-refractivity contribution < 1.29 is 0 Å². The molecule has 0 atom stereocenters. The van der Waals surface area contributed by atoms with Crippen molar-refractivity contribution in [3.63, 3.8) is 0 Å². The SMILES string of the molecule is Cc1ccc(/C=N/N=C(N)N)c(C)c1.Cl. The molecule has 0 saturated heterocycles. The molecule has 0 fully saturated rings. The molecule has 1 aromatic rings. The molecule has 0 aliphatic carbocycles. The molecule has 0 amide bonds. The first-order chi connectivity index (χ1) is 6.59. The summed E-state index contributed by atoms with van der Waals surface area (Å²) in [4.78, 5) is 0. The minimum absolute atomic E-state index is 0. The van der Waals surface area contributed by atoms with Crippen molar-refractivity contribution in [2.75, 3.05) is 0 Å². The van der Waals surface area contributed by atoms with Crippen LogP contribution in [0.1, 0.15) is 16.7 Å². The molecule has 1 aromatic carbocycles. The Balaban J connectivity index is 0.00000196. The largest absolute Gasteiger partial charge is 0.369 e. The molecular weight excluding hydrogens is 212 g/mol. The van der Waals surface area contributed by atoms with Gasteiger partial charge in [-0.15, -0.1) is 17.5 Å². The highest BCUT2D eigenvalue weighted by molar-refractivity contribution is 5.85. The normalized spacial score (nSPS) is 9.73. The van der Waals surface area contributed by atoms with Crippen molar-refractivity contribution in [1.29, 1.82) is 0 Å². The van der Waals surface area contributed by atoms with Gasteiger partial charge in [0.15, 0.2) is 0 Å². The molecule has 0 bridgehead atoms. The van der Waals surface area contributed by atoms with Gasteiger partial charge in [-0.05, 0) is 25.0 Å². The van der Waals surface area contributed by atoms with Crippen LogP contribution >= 0.6 is 12.4 Å². The predicted molar refractivity (Wildman–Crippen MR) is 66.6 cm³/mol.